The van der Waals surface area contributed by atoms with Crippen LogP contribution in [0.25, 0.3) is 11.4 Å². The van der Waals surface area contributed by atoms with Gasteiger partial charge in [-0.25, -0.2) is 0 Å². The number of nitrogens with one attached hydrogen (secondary N) is 1. The molecule has 0 aliphatic heterocycles. The summed E-state index contributed by atoms with van der Waals surface area (Å²) in [4.78, 5) is 0. The highest BCUT2D eigenvalue weighted by molar-refractivity contribution is 5.62. The molecule has 0 amide bonds. The largest absolute Gasteiger partial charge is 0.497 e. The van der Waals surface area contributed by atoms with Crippen LogP contribution >= 0.6 is 0 Å². The average Bonchev–Trinajstić information content (AvgIpc) is 3.00. The Morgan fingerprint density at radius 2 is 2.04 bits per heavy atom. The molecule has 1 heterocycles. The van der Waals surface area contributed by atoms with Gasteiger partial charge in [-0.1, -0.05) is 18.2 Å². The standard InChI is InChI=1S/C18H20N4O/c1-13-7-8-17(23-3)10-15(13)11-19-16-6-4-5-14(9-16)18-21-20-12-22(18)2/h4-10,12,19H,11H2,1-3H3. The maximum atomic E-state index is 5.30. The molecule has 5 nitrogen and oxygen atoms in total. The van der Waals surface area contributed by atoms with Crippen LogP contribution in [0.2, 0.25) is 0 Å². The number of anilines is 1. The van der Waals surface area contributed by atoms with Crippen LogP contribution in [0.15, 0.2) is 48.8 Å². The quantitative estimate of drug-likeness (QED) is 0.785. The monoisotopic (exact) mass is 308 g/mol. The van der Waals surface area contributed by atoms with Crippen LogP contribution in [0.5, 0.6) is 5.75 Å². The first-order valence-electron chi connectivity index (χ1n) is 7.49. The number of nitrogens with zero attached hydrogens (tertiary/aromatic N) is 3. The highest BCUT2D eigenvalue weighted by atomic mass is 16.5. The Labute approximate surface area is 135 Å². The zero-order chi connectivity index (χ0) is 16.2. The molecule has 0 fully saturated rings. The first-order chi connectivity index (χ1) is 11.2. The van der Waals surface area contributed by atoms with E-state index in [0.29, 0.717) is 0 Å². The molecule has 118 valence electrons. The fourth-order valence-electron chi connectivity index (χ4n) is 2.48. The van der Waals surface area contributed by atoms with Crippen molar-refractivity contribution in [2.24, 2.45) is 7.05 Å². The summed E-state index contributed by atoms with van der Waals surface area (Å²) in [6, 6.07) is 14.3. The number of aryl methyl sites for hydroxylation is 2. The molecule has 0 bridgehead atoms. The molecule has 0 saturated carbocycles. The first-order valence-corrected chi connectivity index (χ1v) is 7.49. The van der Waals surface area contributed by atoms with Crippen molar-refractivity contribution in [1.29, 1.82) is 0 Å². The van der Waals surface area contributed by atoms with Crippen LogP contribution in [0.3, 0.4) is 0 Å². The summed E-state index contributed by atoms with van der Waals surface area (Å²) >= 11 is 0. The van der Waals surface area contributed by atoms with Crippen LogP contribution in [0, 0.1) is 6.92 Å². The molecule has 23 heavy (non-hydrogen) atoms. The van der Waals surface area contributed by atoms with Crippen LogP contribution in [0.1, 0.15) is 11.1 Å². The van der Waals surface area contributed by atoms with Gasteiger partial charge in [0.05, 0.1) is 7.11 Å². The van der Waals surface area contributed by atoms with E-state index in [1.165, 1.54) is 11.1 Å². The van der Waals surface area contributed by atoms with Crippen LogP contribution < -0.4 is 10.1 Å². The molecule has 0 atom stereocenters. The first kappa shape index (κ1) is 15.1. The Morgan fingerprint density at radius 3 is 2.78 bits per heavy atom. The zero-order valence-electron chi connectivity index (χ0n) is 13.6. The Bertz CT molecular complexity index is 810. The lowest BCUT2D eigenvalue weighted by Gasteiger charge is -2.11. The van der Waals surface area contributed by atoms with Crippen molar-refractivity contribution in [2.45, 2.75) is 13.5 Å². The van der Waals surface area contributed by atoms with Gasteiger partial charge in [0.25, 0.3) is 0 Å². The molecule has 0 radical (unpaired) electrons. The van der Waals surface area contributed by atoms with E-state index < -0.39 is 0 Å². The van der Waals surface area contributed by atoms with Gasteiger partial charge in [0.2, 0.25) is 0 Å². The van der Waals surface area contributed by atoms with Crippen molar-refractivity contribution in [3.63, 3.8) is 0 Å². The molecule has 0 aliphatic rings. The lowest BCUT2D eigenvalue weighted by atomic mass is 10.1. The van der Waals surface area contributed by atoms with Crippen LogP contribution in [0.4, 0.5) is 5.69 Å². The number of benzene rings is 2. The number of methoxy groups -OCH3 is 1. The normalized spacial score (nSPS) is 10.6. The van der Waals surface area contributed by atoms with Crippen LogP contribution in [-0.2, 0) is 13.6 Å². The molecular formula is C18H20N4O. The second-order valence-electron chi connectivity index (χ2n) is 5.49. The maximum absolute atomic E-state index is 5.30. The van der Waals surface area contributed by atoms with E-state index in [1.807, 2.05) is 29.8 Å². The fourth-order valence-corrected chi connectivity index (χ4v) is 2.48. The van der Waals surface area contributed by atoms with Crippen molar-refractivity contribution < 1.29 is 4.74 Å². The average molecular weight is 308 g/mol. The lowest BCUT2D eigenvalue weighted by molar-refractivity contribution is 0.414. The van der Waals surface area contributed by atoms with E-state index in [9.17, 15) is 0 Å². The summed E-state index contributed by atoms with van der Waals surface area (Å²) in [7, 11) is 3.63. The van der Waals surface area contributed by atoms with Crippen molar-refractivity contribution in [3.05, 3.63) is 59.9 Å². The Kier molecular flexibility index (Phi) is 4.28. The summed E-state index contributed by atoms with van der Waals surface area (Å²) in [6.07, 6.45) is 1.70. The summed E-state index contributed by atoms with van der Waals surface area (Å²) in [5.74, 6) is 1.73. The second-order valence-corrected chi connectivity index (χ2v) is 5.49. The molecule has 0 unspecified atom stereocenters. The van der Waals surface area contributed by atoms with Gasteiger partial charge in [0.1, 0.15) is 12.1 Å². The zero-order valence-corrected chi connectivity index (χ0v) is 13.6. The molecule has 0 aliphatic carbocycles. The van der Waals surface area contributed by atoms with Gasteiger partial charge in [-0.05, 0) is 42.3 Å². The minimum Gasteiger partial charge on any atom is -0.497 e. The number of hydrogen-bond acceptors (Lipinski definition) is 4. The molecule has 5 heteroatoms. The van der Waals surface area contributed by atoms with Gasteiger partial charge in [-0.15, -0.1) is 10.2 Å². The van der Waals surface area contributed by atoms with Gasteiger partial charge >= 0.3 is 0 Å². The van der Waals surface area contributed by atoms with Crippen molar-refractivity contribution >= 4 is 5.69 Å². The third kappa shape index (κ3) is 3.34. The molecule has 0 spiro atoms. The van der Waals surface area contributed by atoms with Gasteiger partial charge < -0.3 is 14.6 Å². The summed E-state index contributed by atoms with van der Waals surface area (Å²) in [5, 5.41) is 11.5. The van der Waals surface area contributed by atoms with E-state index in [4.69, 9.17) is 4.74 Å². The maximum Gasteiger partial charge on any atom is 0.163 e. The molecule has 3 aromatic rings. The van der Waals surface area contributed by atoms with Gasteiger partial charge in [-0.2, -0.15) is 0 Å². The third-order valence-electron chi connectivity index (χ3n) is 3.87. The second kappa shape index (κ2) is 6.52. The molecule has 0 saturated heterocycles. The predicted molar refractivity (Wildman–Crippen MR) is 91.5 cm³/mol. The minimum absolute atomic E-state index is 0.741. The Morgan fingerprint density at radius 1 is 1.17 bits per heavy atom. The van der Waals surface area contributed by atoms with E-state index in [1.54, 1.807) is 13.4 Å². The predicted octanol–water partition coefficient (Wildman–Crippen LogP) is 3.41. The lowest BCUT2D eigenvalue weighted by Crippen LogP contribution is -2.02. The fraction of sp³-hybridized carbons (Fsp3) is 0.222. The van der Waals surface area contributed by atoms with E-state index in [-0.39, 0.29) is 0 Å². The van der Waals surface area contributed by atoms with Gasteiger partial charge in [0, 0.05) is 24.8 Å². The number of aromatic nitrogens is 3. The van der Waals surface area contributed by atoms with E-state index in [0.717, 1.165) is 29.4 Å². The molecule has 2 aromatic carbocycles. The van der Waals surface area contributed by atoms with Crippen molar-refractivity contribution in [3.8, 4) is 17.1 Å². The number of ether oxygens (including phenoxy) is 1. The molecule has 3 rings (SSSR count). The van der Waals surface area contributed by atoms with Crippen LogP contribution in [-0.4, -0.2) is 21.9 Å². The SMILES string of the molecule is COc1ccc(C)c(CNc2cccc(-c3nncn3C)c2)c1. The smallest absolute Gasteiger partial charge is 0.163 e. The van der Waals surface area contributed by atoms with Gasteiger partial charge in [0.15, 0.2) is 5.82 Å². The Balaban J connectivity index is 1.78. The van der Waals surface area contributed by atoms with E-state index >= 15 is 0 Å². The summed E-state index contributed by atoms with van der Waals surface area (Å²) < 4.78 is 7.21. The highest BCUT2D eigenvalue weighted by Crippen LogP contribution is 2.22. The highest BCUT2D eigenvalue weighted by Gasteiger charge is 2.06. The Hall–Kier alpha value is -2.82. The van der Waals surface area contributed by atoms with Crippen molar-refractivity contribution in [1.82, 2.24) is 14.8 Å². The third-order valence-corrected chi connectivity index (χ3v) is 3.87. The van der Waals surface area contributed by atoms with E-state index in [2.05, 4.69) is 46.7 Å². The van der Waals surface area contributed by atoms with Crippen molar-refractivity contribution in [2.75, 3.05) is 12.4 Å². The summed E-state index contributed by atoms with van der Waals surface area (Å²) in [5.41, 5.74) is 4.54. The topological polar surface area (TPSA) is 52.0 Å². The van der Waals surface area contributed by atoms with Gasteiger partial charge in [-0.3, -0.25) is 0 Å². The molecular weight excluding hydrogens is 288 g/mol. The minimum atomic E-state index is 0.741. The molecule has 1 aromatic heterocycles. The number of rotatable bonds is 5. The molecule has 1 N–H and O–H groups in total. The number of hydrogen-bond donors (Lipinski definition) is 1. The summed E-state index contributed by atoms with van der Waals surface area (Å²) in [6.45, 7) is 2.84.